The second-order valence-electron chi connectivity index (χ2n) is 5.61. The van der Waals surface area contributed by atoms with Crippen LogP contribution in [0.3, 0.4) is 0 Å². The van der Waals surface area contributed by atoms with E-state index in [4.69, 9.17) is 5.11 Å². The summed E-state index contributed by atoms with van der Waals surface area (Å²) in [6.45, 7) is 5.88. The Kier molecular flexibility index (Phi) is 6.66. The standard InChI is InChI=1S/C17H23NO3/c1-12(2)11-15(17(20)21)18-16(19)6-4-5-14-9-7-13(3)8-10-14/h4-5,7-10,12,15H,6,11H2,1-3H3,(H,18,19)(H,20,21)/b5-4+/t15-/m0/s1. The Morgan fingerprint density at radius 3 is 2.38 bits per heavy atom. The van der Waals surface area contributed by atoms with Crippen molar-refractivity contribution in [3.63, 3.8) is 0 Å². The van der Waals surface area contributed by atoms with Gasteiger partial charge in [0, 0.05) is 6.42 Å². The summed E-state index contributed by atoms with van der Waals surface area (Å²) in [5.74, 6) is -1.04. The molecule has 4 heteroatoms. The van der Waals surface area contributed by atoms with Crippen LogP contribution in [0.25, 0.3) is 6.08 Å². The third kappa shape index (κ3) is 6.75. The van der Waals surface area contributed by atoms with Crippen molar-refractivity contribution >= 4 is 18.0 Å². The van der Waals surface area contributed by atoms with Gasteiger partial charge in [0.15, 0.2) is 0 Å². The molecule has 0 bridgehead atoms. The highest BCUT2D eigenvalue weighted by Crippen LogP contribution is 2.07. The van der Waals surface area contributed by atoms with Crippen molar-refractivity contribution < 1.29 is 14.7 Å². The third-order valence-electron chi connectivity index (χ3n) is 3.03. The molecule has 114 valence electrons. The number of nitrogens with one attached hydrogen (secondary N) is 1. The zero-order valence-electron chi connectivity index (χ0n) is 12.8. The molecule has 1 atom stereocenters. The quantitative estimate of drug-likeness (QED) is 0.811. The Morgan fingerprint density at radius 1 is 1.24 bits per heavy atom. The Balaban J connectivity index is 2.48. The van der Waals surface area contributed by atoms with E-state index in [2.05, 4.69) is 5.32 Å². The van der Waals surface area contributed by atoms with E-state index in [1.807, 2.05) is 51.1 Å². The van der Waals surface area contributed by atoms with Crippen LogP contribution in [0.1, 0.15) is 37.8 Å². The normalized spacial score (nSPS) is 12.6. The third-order valence-corrected chi connectivity index (χ3v) is 3.03. The van der Waals surface area contributed by atoms with E-state index in [0.29, 0.717) is 6.42 Å². The first-order valence-electron chi connectivity index (χ1n) is 7.14. The van der Waals surface area contributed by atoms with E-state index in [0.717, 1.165) is 5.56 Å². The van der Waals surface area contributed by atoms with Crippen LogP contribution in [0.5, 0.6) is 0 Å². The maximum atomic E-state index is 11.8. The maximum absolute atomic E-state index is 11.8. The van der Waals surface area contributed by atoms with Crippen LogP contribution in [0.15, 0.2) is 30.3 Å². The highest BCUT2D eigenvalue weighted by molar-refractivity contribution is 5.84. The molecule has 0 fully saturated rings. The van der Waals surface area contributed by atoms with Crippen LogP contribution in [0, 0.1) is 12.8 Å². The number of aryl methyl sites for hydroxylation is 1. The molecule has 1 rings (SSSR count). The first-order chi connectivity index (χ1) is 9.88. The molecule has 21 heavy (non-hydrogen) atoms. The number of carbonyl (C=O) groups excluding carboxylic acids is 1. The average molecular weight is 289 g/mol. The van der Waals surface area contributed by atoms with Crippen molar-refractivity contribution in [3.05, 3.63) is 41.5 Å². The smallest absolute Gasteiger partial charge is 0.326 e. The van der Waals surface area contributed by atoms with Crippen LogP contribution in [-0.2, 0) is 9.59 Å². The molecule has 0 aliphatic rings. The molecule has 1 aromatic carbocycles. The summed E-state index contributed by atoms with van der Waals surface area (Å²) in [6.07, 6.45) is 4.21. The number of aliphatic carboxylic acids is 1. The average Bonchev–Trinajstić information content (AvgIpc) is 2.39. The van der Waals surface area contributed by atoms with Gasteiger partial charge in [0.05, 0.1) is 0 Å². The minimum absolute atomic E-state index is 0.176. The lowest BCUT2D eigenvalue weighted by atomic mass is 10.0. The van der Waals surface area contributed by atoms with Crippen LogP contribution in [-0.4, -0.2) is 23.0 Å². The molecule has 0 aliphatic heterocycles. The number of hydrogen-bond acceptors (Lipinski definition) is 2. The fraction of sp³-hybridized carbons (Fsp3) is 0.412. The van der Waals surface area contributed by atoms with Crippen LogP contribution in [0.4, 0.5) is 0 Å². The predicted molar refractivity (Wildman–Crippen MR) is 83.9 cm³/mol. The molecule has 1 aromatic rings. The van der Waals surface area contributed by atoms with Gasteiger partial charge in [-0.05, 0) is 24.8 Å². The van der Waals surface area contributed by atoms with Gasteiger partial charge in [-0.25, -0.2) is 4.79 Å². The van der Waals surface area contributed by atoms with Gasteiger partial charge in [-0.15, -0.1) is 0 Å². The largest absolute Gasteiger partial charge is 0.480 e. The summed E-state index contributed by atoms with van der Waals surface area (Å²) in [5.41, 5.74) is 2.20. The Labute approximate surface area is 125 Å². The predicted octanol–water partition coefficient (Wildman–Crippen LogP) is 3.01. The Hall–Kier alpha value is -2.10. The fourth-order valence-corrected chi connectivity index (χ4v) is 1.93. The highest BCUT2D eigenvalue weighted by atomic mass is 16.4. The minimum Gasteiger partial charge on any atom is -0.480 e. The van der Waals surface area contributed by atoms with Crippen LogP contribution >= 0.6 is 0 Å². The molecule has 0 heterocycles. The van der Waals surface area contributed by atoms with Gasteiger partial charge in [-0.3, -0.25) is 4.79 Å². The van der Waals surface area contributed by atoms with Gasteiger partial charge in [0.1, 0.15) is 6.04 Å². The van der Waals surface area contributed by atoms with Gasteiger partial charge in [-0.2, -0.15) is 0 Å². The van der Waals surface area contributed by atoms with Crippen molar-refractivity contribution in [2.45, 2.75) is 39.7 Å². The SMILES string of the molecule is Cc1ccc(/C=C/CC(=O)N[C@@H](CC(C)C)C(=O)O)cc1. The summed E-state index contributed by atoms with van der Waals surface area (Å²) in [4.78, 5) is 22.8. The molecule has 2 N–H and O–H groups in total. The van der Waals surface area contributed by atoms with Crippen molar-refractivity contribution in [3.8, 4) is 0 Å². The minimum atomic E-state index is -0.987. The molecule has 1 amide bonds. The van der Waals surface area contributed by atoms with Crippen molar-refractivity contribution in [1.29, 1.82) is 0 Å². The molecule has 0 aliphatic carbocycles. The lowest BCUT2D eigenvalue weighted by Gasteiger charge is -2.15. The van der Waals surface area contributed by atoms with Gasteiger partial charge >= 0.3 is 5.97 Å². The number of carbonyl (C=O) groups is 2. The molecule has 0 spiro atoms. The monoisotopic (exact) mass is 289 g/mol. The molecular weight excluding hydrogens is 266 g/mol. The van der Waals surface area contributed by atoms with Crippen molar-refractivity contribution in [2.24, 2.45) is 5.92 Å². The zero-order valence-corrected chi connectivity index (χ0v) is 12.8. The van der Waals surface area contributed by atoms with Crippen molar-refractivity contribution in [1.82, 2.24) is 5.32 Å². The molecule has 0 radical (unpaired) electrons. The molecule has 0 saturated heterocycles. The number of carboxylic acids is 1. The number of rotatable bonds is 7. The van der Waals surface area contributed by atoms with E-state index in [-0.39, 0.29) is 18.2 Å². The van der Waals surface area contributed by atoms with Gasteiger partial charge in [0.25, 0.3) is 0 Å². The summed E-state index contributed by atoms with van der Waals surface area (Å²) in [5, 5.41) is 11.6. The fourth-order valence-electron chi connectivity index (χ4n) is 1.93. The van der Waals surface area contributed by atoms with Crippen molar-refractivity contribution in [2.75, 3.05) is 0 Å². The van der Waals surface area contributed by atoms with Crippen LogP contribution < -0.4 is 5.32 Å². The second kappa shape index (κ2) is 8.25. The molecule has 0 aromatic heterocycles. The lowest BCUT2D eigenvalue weighted by molar-refractivity contribution is -0.142. The van der Waals surface area contributed by atoms with Crippen LogP contribution in [0.2, 0.25) is 0 Å². The van der Waals surface area contributed by atoms with E-state index in [1.165, 1.54) is 5.56 Å². The topological polar surface area (TPSA) is 66.4 Å². The summed E-state index contributed by atoms with van der Waals surface area (Å²) >= 11 is 0. The number of carboxylic acid groups (broad SMARTS) is 1. The van der Waals surface area contributed by atoms with E-state index in [9.17, 15) is 9.59 Å². The Bertz CT molecular complexity index is 503. The highest BCUT2D eigenvalue weighted by Gasteiger charge is 2.20. The molecule has 0 saturated carbocycles. The first-order valence-corrected chi connectivity index (χ1v) is 7.14. The summed E-state index contributed by atoms with van der Waals surface area (Å²) < 4.78 is 0. The Morgan fingerprint density at radius 2 is 1.86 bits per heavy atom. The van der Waals surface area contributed by atoms with Gasteiger partial charge in [-0.1, -0.05) is 55.8 Å². The number of hydrogen-bond donors (Lipinski definition) is 2. The molecule has 0 unspecified atom stereocenters. The number of benzene rings is 1. The summed E-state index contributed by atoms with van der Waals surface area (Å²) in [7, 11) is 0. The molecule has 4 nitrogen and oxygen atoms in total. The first kappa shape index (κ1) is 17.0. The summed E-state index contributed by atoms with van der Waals surface area (Å²) in [6, 6.07) is 7.14. The van der Waals surface area contributed by atoms with E-state index < -0.39 is 12.0 Å². The second-order valence-corrected chi connectivity index (χ2v) is 5.61. The zero-order chi connectivity index (χ0) is 15.8. The maximum Gasteiger partial charge on any atom is 0.326 e. The number of amides is 1. The van der Waals surface area contributed by atoms with E-state index >= 15 is 0 Å². The van der Waals surface area contributed by atoms with E-state index in [1.54, 1.807) is 6.08 Å². The molecular formula is C17H23NO3. The van der Waals surface area contributed by atoms with Gasteiger partial charge < -0.3 is 10.4 Å². The lowest BCUT2D eigenvalue weighted by Crippen LogP contribution is -2.41. The van der Waals surface area contributed by atoms with Gasteiger partial charge in [0.2, 0.25) is 5.91 Å².